The Kier molecular flexibility index (Phi) is 5.49. The van der Waals surface area contributed by atoms with Gasteiger partial charge in [-0.1, -0.05) is 56.5 Å². The lowest BCUT2D eigenvalue weighted by Crippen LogP contribution is -1.91. The third-order valence-corrected chi connectivity index (χ3v) is 2.90. The van der Waals surface area contributed by atoms with Crippen molar-refractivity contribution in [2.24, 2.45) is 0 Å². The minimum atomic E-state index is 0.889. The van der Waals surface area contributed by atoms with Crippen LogP contribution in [0.4, 0.5) is 0 Å². The number of benzene rings is 1. The lowest BCUT2D eigenvalue weighted by atomic mass is 9.93. The van der Waals surface area contributed by atoms with Gasteiger partial charge in [0.25, 0.3) is 0 Å². The van der Waals surface area contributed by atoms with Gasteiger partial charge in [0, 0.05) is 5.57 Å². The highest BCUT2D eigenvalue weighted by atomic mass is 14.3. The van der Waals surface area contributed by atoms with Crippen LogP contribution in [0.5, 0.6) is 0 Å². The number of nitrogens with zero attached hydrogens (tertiary/aromatic N) is 1. The molecule has 1 nitrogen and oxygen atoms in total. The summed E-state index contributed by atoms with van der Waals surface area (Å²) in [5.41, 5.74) is 4.66. The second kappa shape index (κ2) is 6.91. The fourth-order valence-electron chi connectivity index (χ4n) is 2.00. The van der Waals surface area contributed by atoms with E-state index < -0.39 is 0 Å². The highest BCUT2D eigenvalue weighted by Gasteiger charge is 2.07. The van der Waals surface area contributed by atoms with Crippen molar-refractivity contribution in [3.8, 4) is 6.07 Å². The molecule has 17 heavy (non-hydrogen) atoms. The molecule has 0 aliphatic rings. The zero-order valence-electron chi connectivity index (χ0n) is 11.1. The molecule has 0 heterocycles. The zero-order chi connectivity index (χ0) is 12.7. The summed E-state index contributed by atoms with van der Waals surface area (Å²) in [7, 11) is 0. The van der Waals surface area contributed by atoms with Gasteiger partial charge in [0.1, 0.15) is 0 Å². The zero-order valence-corrected chi connectivity index (χ0v) is 11.1. The molecular weight excluding hydrogens is 206 g/mol. The largest absolute Gasteiger partial charge is 0.193 e. The molecule has 1 rings (SSSR count). The van der Waals surface area contributed by atoms with E-state index in [9.17, 15) is 5.26 Å². The number of hydrogen-bond acceptors (Lipinski definition) is 1. The molecule has 0 radical (unpaired) electrons. The minimum absolute atomic E-state index is 0.889. The molecule has 1 aromatic rings. The quantitative estimate of drug-likeness (QED) is 0.658. The standard InChI is InChI=1S/C16H21N/c1-4-6-15(12-17)16(7-5-2)14-10-8-13(3)9-11-14/h8-11H,4-7H2,1-3H3/b16-15-. The van der Waals surface area contributed by atoms with Gasteiger partial charge in [0.15, 0.2) is 0 Å². The van der Waals surface area contributed by atoms with Gasteiger partial charge >= 0.3 is 0 Å². The summed E-state index contributed by atoms with van der Waals surface area (Å²) in [4.78, 5) is 0. The predicted octanol–water partition coefficient (Wildman–Crippen LogP) is 4.87. The number of aryl methyl sites for hydroxylation is 1. The topological polar surface area (TPSA) is 23.8 Å². The molecule has 0 aliphatic carbocycles. The minimum Gasteiger partial charge on any atom is -0.193 e. The maximum absolute atomic E-state index is 9.26. The normalized spacial score (nSPS) is 11.9. The lowest BCUT2D eigenvalue weighted by Gasteiger charge is -2.10. The molecule has 0 fully saturated rings. The maximum atomic E-state index is 9.26. The first-order valence-corrected chi connectivity index (χ1v) is 6.42. The molecule has 0 aromatic heterocycles. The van der Waals surface area contributed by atoms with Gasteiger partial charge in [-0.2, -0.15) is 5.26 Å². The van der Waals surface area contributed by atoms with Gasteiger partial charge in [0.05, 0.1) is 6.07 Å². The van der Waals surface area contributed by atoms with Crippen LogP contribution < -0.4 is 0 Å². The van der Waals surface area contributed by atoms with E-state index >= 15 is 0 Å². The van der Waals surface area contributed by atoms with E-state index in [0.29, 0.717) is 0 Å². The van der Waals surface area contributed by atoms with Crippen LogP contribution in [0.25, 0.3) is 5.57 Å². The average molecular weight is 227 g/mol. The molecule has 0 unspecified atom stereocenters. The van der Waals surface area contributed by atoms with E-state index in [1.54, 1.807) is 0 Å². The summed E-state index contributed by atoms with van der Waals surface area (Å²) in [6.07, 6.45) is 3.99. The molecule has 0 amide bonds. The molecule has 0 atom stereocenters. The van der Waals surface area contributed by atoms with Crippen LogP contribution in [-0.4, -0.2) is 0 Å². The van der Waals surface area contributed by atoms with E-state index in [4.69, 9.17) is 0 Å². The second-order valence-electron chi connectivity index (χ2n) is 4.43. The Hall–Kier alpha value is -1.55. The molecule has 1 heteroatoms. The third-order valence-electron chi connectivity index (χ3n) is 2.90. The maximum Gasteiger partial charge on any atom is 0.0950 e. The van der Waals surface area contributed by atoms with E-state index in [2.05, 4.69) is 51.1 Å². The Balaban J connectivity index is 3.16. The third kappa shape index (κ3) is 3.75. The van der Waals surface area contributed by atoms with Gasteiger partial charge in [-0.3, -0.25) is 0 Å². The van der Waals surface area contributed by atoms with Crippen molar-refractivity contribution in [1.82, 2.24) is 0 Å². The van der Waals surface area contributed by atoms with Crippen molar-refractivity contribution in [1.29, 1.82) is 5.26 Å². The van der Waals surface area contributed by atoms with Gasteiger partial charge in [0.2, 0.25) is 0 Å². The first-order valence-electron chi connectivity index (χ1n) is 6.42. The first kappa shape index (κ1) is 13.5. The van der Waals surface area contributed by atoms with Crippen molar-refractivity contribution in [3.63, 3.8) is 0 Å². The van der Waals surface area contributed by atoms with Crippen molar-refractivity contribution < 1.29 is 0 Å². The molecule has 90 valence electrons. The molecule has 0 saturated carbocycles. The Labute approximate surface area is 105 Å². The fourth-order valence-corrected chi connectivity index (χ4v) is 2.00. The SMILES string of the molecule is CCC/C(C#N)=C(\CCC)c1ccc(C)cc1. The molecule has 0 spiro atoms. The average Bonchev–Trinajstić information content (AvgIpc) is 2.35. The van der Waals surface area contributed by atoms with E-state index in [1.807, 2.05) is 0 Å². The van der Waals surface area contributed by atoms with Crippen LogP contribution in [0.1, 0.15) is 50.7 Å². The van der Waals surface area contributed by atoms with Gasteiger partial charge < -0.3 is 0 Å². The lowest BCUT2D eigenvalue weighted by molar-refractivity contribution is 0.908. The summed E-state index contributed by atoms with van der Waals surface area (Å²) in [5.74, 6) is 0. The summed E-state index contributed by atoms with van der Waals surface area (Å²) in [6.45, 7) is 6.37. The summed E-state index contributed by atoms with van der Waals surface area (Å²) in [5, 5.41) is 9.26. The Morgan fingerprint density at radius 1 is 1.06 bits per heavy atom. The molecular formula is C16H21N. The first-order chi connectivity index (χ1) is 8.22. The Morgan fingerprint density at radius 2 is 1.65 bits per heavy atom. The van der Waals surface area contributed by atoms with Crippen LogP contribution in [-0.2, 0) is 0 Å². The number of nitriles is 1. The Morgan fingerprint density at radius 3 is 2.12 bits per heavy atom. The molecule has 0 aliphatic heterocycles. The van der Waals surface area contributed by atoms with Gasteiger partial charge in [-0.15, -0.1) is 0 Å². The van der Waals surface area contributed by atoms with Crippen LogP contribution in [0.15, 0.2) is 29.8 Å². The monoisotopic (exact) mass is 227 g/mol. The van der Waals surface area contributed by atoms with Crippen molar-refractivity contribution in [2.45, 2.75) is 46.5 Å². The van der Waals surface area contributed by atoms with E-state index in [-0.39, 0.29) is 0 Å². The number of hydrogen-bond donors (Lipinski definition) is 0. The molecule has 1 aromatic carbocycles. The summed E-state index contributed by atoms with van der Waals surface area (Å²) in [6, 6.07) is 10.9. The number of allylic oxidation sites excluding steroid dienone is 2. The predicted molar refractivity (Wildman–Crippen MR) is 73.5 cm³/mol. The van der Waals surface area contributed by atoms with E-state index in [0.717, 1.165) is 31.3 Å². The number of rotatable bonds is 5. The highest BCUT2D eigenvalue weighted by molar-refractivity contribution is 5.71. The van der Waals surface area contributed by atoms with Crippen LogP contribution in [0, 0.1) is 18.3 Å². The smallest absolute Gasteiger partial charge is 0.0950 e. The van der Waals surface area contributed by atoms with Crippen LogP contribution in [0.2, 0.25) is 0 Å². The van der Waals surface area contributed by atoms with Crippen LogP contribution in [0.3, 0.4) is 0 Å². The molecule has 0 bridgehead atoms. The molecule has 0 saturated heterocycles. The Bertz CT molecular complexity index is 418. The molecule has 0 N–H and O–H groups in total. The van der Waals surface area contributed by atoms with Gasteiger partial charge in [-0.25, -0.2) is 0 Å². The van der Waals surface area contributed by atoms with Gasteiger partial charge in [-0.05, 0) is 30.9 Å². The summed E-state index contributed by atoms with van der Waals surface area (Å²) >= 11 is 0. The summed E-state index contributed by atoms with van der Waals surface area (Å²) < 4.78 is 0. The fraction of sp³-hybridized carbons (Fsp3) is 0.438. The highest BCUT2D eigenvalue weighted by Crippen LogP contribution is 2.26. The van der Waals surface area contributed by atoms with E-state index in [1.165, 1.54) is 16.7 Å². The van der Waals surface area contributed by atoms with Crippen molar-refractivity contribution in [2.75, 3.05) is 0 Å². The second-order valence-corrected chi connectivity index (χ2v) is 4.43. The van der Waals surface area contributed by atoms with Crippen molar-refractivity contribution in [3.05, 3.63) is 41.0 Å². The van der Waals surface area contributed by atoms with Crippen LogP contribution >= 0.6 is 0 Å². The van der Waals surface area contributed by atoms with Crippen molar-refractivity contribution >= 4 is 5.57 Å².